The van der Waals surface area contributed by atoms with Gasteiger partial charge in [-0.05, 0) is 101 Å². The zero-order valence-electron chi connectivity index (χ0n) is 30.9. The van der Waals surface area contributed by atoms with Crippen LogP contribution >= 0.6 is 0 Å². The van der Waals surface area contributed by atoms with Crippen LogP contribution in [0.25, 0.3) is 22.1 Å². The van der Waals surface area contributed by atoms with Gasteiger partial charge in [0, 0.05) is 50.9 Å². The zero-order chi connectivity index (χ0) is 36.7. The number of ether oxygens (including phenoxy) is 2. The molecule has 5 aromatic rings. The molecule has 3 aliphatic rings. The summed E-state index contributed by atoms with van der Waals surface area (Å²) < 4.78 is 14.9. The molecule has 3 aromatic heterocycles. The fourth-order valence-corrected chi connectivity index (χ4v) is 7.36. The lowest BCUT2D eigenvalue weighted by molar-refractivity contribution is 0.170. The zero-order valence-corrected chi connectivity index (χ0v) is 30.9. The number of benzene rings is 2. The number of fused-ring (bicyclic) bond motifs is 3. The molecule has 0 radical (unpaired) electrons. The van der Waals surface area contributed by atoms with Crippen LogP contribution in [0.15, 0.2) is 70.6 Å². The number of hydrogen-bond acceptors (Lipinski definition) is 11. The van der Waals surface area contributed by atoms with Crippen LogP contribution in [0.2, 0.25) is 0 Å². The lowest BCUT2D eigenvalue weighted by Gasteiger charge is -2.32. The average Bonchev–Trinajstić information content (AvgIpc) is 3.17. The number of rotatable bonds is 9. The van der Waals surface area contributed by atoms with Gasteiger partial charge in [-0.3, -0.25) is 14.6 Å². The number of hydrogen-bond donors (Lipinski definition) is 2. The van der Waals surface area contributed by atoms with E-state index in [4.69, 9.17) is 15.2 Å². The van der Waals surface area contributed by atoms with Crippen molar-refractivity contribution in [3.05, 3.63) is 98.6 Å². The molecule has 3 aliphatic heterocycles. The predicted octanol–water partition coefficient (Wildman–Crippen LogP) is 3.25. The Morgan fingerprint density at radius 1 is 0.679 bits per heavy atom. The van der Waals surface area contributed by atoms with E-state index in [0.29, 0.717) is 38.4 Å². The van der Waals surface area contributed by atoms with Crippen molar-refractivity contribution in [2.24, 2.45) is 5.73 Å². The van der Waals surface area contributed by atoms with Gasteiger partial charge in [0.25, 0.3) is 11.1 Å². The summed E-state index contributed by atoms with van der Waals surface area (Å²) in [6.45, 7) is 13.2. The van der Waals surface area contributed by atoms with Crippen molar-refractivity contribution in [2.45, 2.75) is 71.2 Å². The smallest absolute Gasteiger partial charge is 0.269 e. The Morgan fingerprint density at radius 2 is 1.21 bits per heavy atom. The fraction of sp³-hybridized carbons (Fsp3) is 0.475. The van der Waals surface area contributed by atoms with Crippen LogP contribution in [0.4, 0.5) is 0 Å². The van der Waals surface area contributed by atoms with Crippen molar-refractivity contribution < 1.29 is 9.47 Å². The van der Waals surface area contributed by atoms with Crippen LogP contribution in [-0.4, -0.2) is 98.5 Å². The maximum Gasteiger partial charge on any atom is 0.269 e. The van der Waals surface area contributed by atoms with Crippen LogP contribution in [-0.2, 0) is 19.6 Å². The molecule has 13 nitrogen and oxygen atoms in total. The molecule has 0 saturated carbocycles. The van der Waals surface area contributed by atoms with Crippen molar-refractivity contribution in [2.75, 3.05) is 52.5 Å². The summed E-state index contributed by atoms with van der Waals surface area (Å²) in [5.41, 5.74) is 12.7. The molecule has 2 fully saturated rings. The van der Waals surface area contributed by atoms with Gasteiger partial charge in [-0.2, -0.15) is 0 Å². The van der Waals surface area contributed by atoms with E-state index in [1.165, 1.54) is 12.4 Å². The number of piperidine rings is 2. The SMILES string of the molecule is Cc1ccc2ncc(=O)n(CCN3CCC(N)CC3)c2c1.Cc1ccc2ncc(=O)n(CCN3CCC(NCc4cc5c(cn4)OCCO5)CC3)c2c1. The number of likely N-dealkylation sites (tertiary alicyclic amines) is 2. The maximum atomic E-state index is 12.4. The minimum Gasteiger partial charge on any atom is -0.486 e. The third-order valence-electron chi connectivity index (χ3n) is 10.6. The number of pyridine rings is 1. The molecule has 6 heterocycles. The molecule has 53 heavy (non-hydrogen) atoms. The Balaban J connectivity index is 0.000000179. The van der Waals surface area contributed by atoms with Crippen LogP contribution in [0, 0.1) is 13.8 Å². The van der Waals surface area contributed by atoms with Gasteiger partial charge < -0.3 is 39.5 Å². The summed E-state index contributed by atoms with van der Waals surface area (Å²) >= 11 is 0. The van der Waals surface area contributed by atoms with E-state index in [-0.39, 0.29) is 11.1 Å². The van der Waals surface area contributed by atoms with E-state index < -0.39 is 0 Å². The normalized spacial score (nSPS) is 17.2. The lowest BCUT2D eigenvalue weighted by Crippen LogP contribution is -2.43. The highest BCUT2D eigenvalue weighted by molar-refractivity contribution is 5.76. The fourth-order valence-electron chi connectivity index (χ4n) is 7.36. The van der Waals surface area contributed by atoms with Gasteiger partial charge in [-0.1, -0.05) is 12.1 Å². The first-order chi connectivity index (χ1) is 25.8. The molecule has 8 rings (SSSR count). The van der Waals surface area contributed by atoms with Gasteiger partial charge in [0.15, 0.2) is 11.5 Å². The summed E-state index contributed by atoms with van der Waals surface area (Å²) in [6, 6.07) is 14.9. The molecule has 2 saturated heterocycles. The van der Waals surface area contributed by atoms with Crippen LogP contribution in [0.5, 0.6) is 11.5 Å². The largest absolute Gasteiger partial charge is 0.486 e. The molecule has 0 unspecified atom stereocenters. The second-order valence-electron chi connectivity index (χ2n) is 14.5. The van der Waals surface area contributed by atoms with Crippen LogP contribution in [0.1, 0.15) is 42.5 Å². The quantitative estimate of drug-likeness (QED) is 0.231. The number of nitrogens with zero attached hydrogens (tertiary/aromatic N) is 7. The van der Waals surface area contributed by atoms with E-state index in [1.807, 2.05) is 65.4 Å². The Kier molecular flexibility index (Phi) is 11.7. The summed E-state index contributed by atoms with van der Waals surface area (Å²) in [6.07, 6.45) is 8.85. The summed E-state index contributed by atoms with van der Waals surface area (Å²) in [7, 11) is 0. The van der Waals surface area contributed by atoms with E-state index in [9.17, 15) is 9.59 Å². The summed E-state index contributed by atoms with van der Waals surface area (Å²) in [5.74, 6) is 1.51. The maximum absolute atomic E-state index is 12.4. The molecule has 2 aromatic carbocycles. The molecule has 0 atom stereocenters. The summed E-state index contributed by atoms with van der Waals surface area (Å²) in [4.78, 5) is 42.4. The Hall–Kier alpha value is -4.69. The lowest BCUT2D eigenvalue weighted by atomic mass is 10.0. The third kappa shape index (κ3) is 9.28. The second-order valence-corrected chi connectivity index (χ2v) is 14.5. The topological polar surface area (TPSA) is 146 Å². The van der Waals surface area contributed by atoms with Crippen LogP contribution in [0.3, 0.4) is 0 Å². The minimum atomic E-state index is -0.0356. The Bertz CT molecular complexity index is 2140. The van der Waals surface area contributed by atoms with Gasteiger partial charge in [-0.25, -0.2) is 9.97 Å². The van der Waals surface area contributed by atoms with E-state index >= 15 is 0 Å². The Labute approximate surface area is 309 Å². The van der Waals surface area contributed by atoms with Gasteiger partial charge >= 0.3 is 0 Å². The first-order valence-corrected chi connectivity index (χ1v) is 18.9. The molecule has 0 amide bonds. The average molecular weight is 722 g/mol. The number of aryl methyl sites for hydroxylation is 2. The van der Waals surface area contributed by atoms with Gasteiger partial charge in [0.05, 0.1) is 46.4 Å². The molecule has 280 valence electrons. The van der Waals surface area contributed by atoms with Gasteiger partial charge in [-0.15, -0.1) is 0 Å². The number of nitrogens with two attached hydrogens (primary N) is 1. The number of aromatic nitrogens is 5. The minimum absolute atomic E-state index is 0.0261. The molecule has 0 aliphatic carbocycles. The van der Waals surface area contributed by atoms with E-state index in [0.717, 1.165) is 122 Å². The van der Waals surface area contributed by atoms with Crippen molar-refractivity contribution >= 4 is 22.1 Å². The summed E-state index contributed by atoms with van der Waals surface area (Å²) in [5, 5.41) is 3.63. The molecule has 13 heteroatoms. The van der Waals surface area contributed by atoms with Gasteiger partial charge in [0.2, 0.25) is 0 Å². The highest BCUT2D eigenvalue weighted by atomic mass is 16.6. The predicted molar refractivity (Wildman–Crippen MR) is 207 cm³/mol. The van der Waals surface area contributed by atoms with Crippen molar-refractivity contribution in [3.8, 4) is 11.5 Å². The molecule has 0 bridgehead atoms. The first-order valence-electron chi connectivity index (χ1n) is 18.9. The van der Waals surface area contributed by atoms with Crippen molar-refractivity contribution in [3.63, 3.8) is 0 Å². The number of nitrogens with one attached hydrogen (secondary N) is 1. The van der Waals surface area contributed by atoms with Gasteiger partial charge in [0.1, 0.15) is 13.2 Å². The van der Waals surface area contributed by atoms with Crippen molar-refractivity contribution in [1.82, 2.24) is 39.2 Å². The molecule has 3 N–H and O–H groups in total. The molecular formula is C40H51N9O4. The molecular weight excluding hydrogens is 670 g/mol. The first kappa shape index (κ1) is 36.7. The molecule has 0 spiro atoms. The Morgan fingerprint density at radius 3 is 1.77 bits per heavy atom. The monoisotopic (exact) mass is 721 g/mol. The van der Waals surface area contributed by atoms with Crippen LogP contribution < -0.4 is 31.6 Å². The van der Waals surface area contributed by atoms with E-state index in [2.05, 4.69) is 30.1 Å². The highest BCUT2D eigenvalue weighted by Crippen LogP contribution is 2.29. The standard InChI is InChI=1S/C24H29N5O3.C16H22N4O/c1-17-2-3-20-21(12-17)29(24(30)16-27-20)9-8-28-6-4-18(5-7-28)25-14-19-13-22-23(15-26-19)32-11-10-31-22;1-12-2-3-14-15(10-12)20(16(21)11-18-14)9-8-19-6-4-13(17)5-7-19/h2-3,12-13,15-16,18,25H,4-11,14H2,1H3;2-3,10-11,13H,4-9,17H2,1H3. The second kappa shape index (κ2) is 17.0. The van der Waals surface area contributed by atoms with E-state index in [1.54, 1.807) is 6.20 Å². The van der Waals surface area contributed by atoms with Crippen molar-refractivity contribution in [1.29, 1.82) is 0 Å². The third-order valence-corrected chi connectivity index (χ3v) is 10.6. The highest BCUT2D eigenvalue weighted by Gasteiger charge is 2.20.